The normalized spacial score (nSPS) is 11.9. The smallest absolute Gasteiger partial charge is 0.256 e. The van der Waals surface area contributed by atoms with E-state index < -0.39 is 0 Å². The van der Waals surface area contributed by atoms with Gasteiger partial charge in [-0.25, -0.2) is 9.97 Å². The molecular weight excluding hydrogens is 424 g/mol. The van der Waals surface area contributed by atoms with Crippen molar-refractivity contribution in [3.63, 3.8) is 0 Å². The fraction of sp³-hybridized carbons (Fsp3) is 0.208. The zero-order valence-electron chi connectivity index (χ0n) is 17.9. The van der Waals surface area contributed by atoms with Crippen LogP contribution in [0.5, 0.6) is 0 Å². The number of hydrogen-bond acceptors (Lipinski definition) is 6. The Kier molecular flexibility index (Phi) is 6.15. The third kappa shape index (κ3) is 4.68. The van der Waals surface area contributed by atoms with E-state index in [9.17, 15) is 4.79 Å². The monoisotopic (exact) mass is 448 g/mol. The summed E-state index contributed by atoms with van der Waals surface area (Å²) in [5.74, 6) is 0.465. The average Bonchev–Trinajstić information content (AvgIpc) is 3.36. The van der Waals surface area contributed by atoms with Crippen LogP contribution >= 0.6 is 22.7 Å². The van der Waals surface area contributed by atoms with Crippen LogP contribution in [0.3, 0.4) is 0 Å². The molecule has 5 nitrogen and oxygen atoms in total. The number of rotatable bonds is 6. The summed E-state index contributed by atoms with van der Waals surface area (Å²) < 4.78 is 0. The van der Waals surface area contributed by atoms with Gasteiger partial charge in [-0.15, -0.1) is 11.3 Å². The molecule has 2 N–H and O–H groups in total. The van der Waals surface area contributed by atoms with Crippen molar-refractivity contribution in [1.82, 2.24) is 9.97 Å². The summed E-state index contributed by atoms with van der Waals surface area (Å²) >= 11 is 3.24. The summed E-state index contributed by atoms with van der Waals surface area (Å²) in [6.45, 7) is 8.11. The lowest BCUT2D eigenvalue weighted by atomic mass is 9.98. The maximum Gasteiger partial charge on any atom is 0.256 e. The number of aromatic nitrogens is 2. The predicted molar refractivity (Wildman–Crippen MR) is 129 cm³/mol. The number of nitrogens with one attached hydrogen (secondary N) is 2. The van der Waals surface area contributed by atoms with E-state index in [0.717, 1.165) is 33.1 Å². The second-order valence-corrected chi connectivity index (χ2v) is 9.46. The minimum Gasteiger partial charge on any atom is -0.343 e. The van der Waals surface area contributed by atoms with Gasteiger partial charge in [0, 0.05) is 27.4 Å². The number of aryl methyl sites for hydroxylation is 3. The number of thiophene rings is 2. The number of benzene rings is 1. The lowest BCUT2D eigenvalue weighted by Gasteiger charge is -2.21. The summed E-state index contributed by atoms with van der Waals surface area (Å²) in [5.41, 5.74) is 5.78. The van der Waals surface area contributed by atoms with Gasteiger partial charge >= 0.3 is 0 Å². The van der Waals surface area contributed by atoms with Crippen molar-refractivity contribution < 1.29 is 4.79 Å². The first kappa shape index (κ1) is 21.2. The fourth-order valence-electron chi connectivity index (χ4n) is 3.53. The fourth-order valence-corrected chi connectivity index (χ4v) is 5.31. The van der Waals surface area contributed by atoms with Gasteiger partial charge in [0.15, 0.2) is 0 Å². The third-order valence-corrected chi connectivity index (χ3v) is 6.96. The van der Waals surface area contributed by atoms with E-state index >= 15 is 0 Å². The third-order valence-electron chi connectivity index (χ3n) is 5.12. The molecule has 1 amide bonds. The molecule has 0 spiro atoms. The molecule has 0 aliphatic rings. The zero-order chi connectivity index (χ0) is 22.0. The highest BCUT2D eigenvalue weighted by Gasteiger charge is 2.26. The molecule has 0 bridgehead atoms. The topological polar surface area (TPSA) is 66.9 Å². The van der Waals surface area contributed by atoms with Crippen LogP contribution in [0.15, 0.2) is 53.2 Å². The highest BCUT2D eigenvalue weighted by Crippen LogP contribution is 2.41. The SMILES string of the molecule is Cc1cc(C)nc(N[C@@H](c2ccsc2)c2c(NC(=O)c3ccccc3)sc(C)c2C)n1. The van der Waals surface area contributed by atoms with Gasteiger partial charge in [-0.2, -0.15) is 11.3 Å². The molecule has 0 unspecified atom stereocenters. The van der Waals surface area contributed by atoms with E-state index in [1.54, 1.807) is 22.7 Å². The lowest BCUT2D eigenvalue weighted by molar-refractivity contribution is 0.102. The van der Waals surface area contributed by atoms with E-state index in [1.807, 2.05) is 50.2 Å². The van der Waals surface area contributed by atoms with Gasteiger partial charge in [0.25, 0.3) is 5.91 Å². The van der Waals surface area contributed by atoms with Gasteiger partial charge in [0.05, 0.1) is 6.04 Å². The van der Waals surface area contributed by atoms with Gasteiger partial charge in [-0.1, -0.05) is 18.2 Å². The van der Waals surface area contributed by atoms with Gasteiger partial charge in [0.2, 0.25) is 5.95 Å². The van der Waals surface area contributed by atoms with Crippen LogP contribution in [0.1, 0.15) is 49.4 Å². The maximum absolute atomic E-state index is 12.9. The first-order valence-electron chi connectivity index (χ1n) is 9.99. The summed E-state index contributed by atoms with van der Waals surface area (Å²) in [6.07, 6.45) is 0. The summed E-state index contributed by atoms with van der Waals surface area (Å²) in [4.78, 5) is 23.2. The number of anilines is 2. The molecule has 0 saturated carbocycles. The Morgan fingerprint density at radius 2 is 1.71 bits per heavy atom. The maximum atomic E-state index is 12.9. The van der Waals surface area contributed by atoms with E-state index in [0.29, 0.717) is 11.5 Å². The molecule has 0 aliphatic heterocycles. The molecule has 1 aromatic carbocycles. The van der Waals surface area contributed by atoms with Crippen LogP contribution < -0.4 is 10.6 Å². The Balaban J connectivity index is 1.75. The Labute approximate surface area is 190 Å². The van der Waals surface area contributed by atoms with E-state index in [1.165, 1.54) is 4.88 Å². The molecular formula is C24H24N4OS2. The van der Waals surface area contributed by atoms with Crippen molar-refractivity contribution in [3.05, 3.63) is 91.7 Å². The Morgan fingerprint density at radius 3 is 2.35 bits per heavy atom. The summed E-state index contributed by atoms with van der Waals surface area (Å²) in [6, 6.07) is 13.2. The van der Waals surface area contributed by atoms with Crippen molar-refractivity contribution in [2.24, 2.45) is 0 Å². The first-order valence-corrected chi connectivity index (χ1v) is 11.8. The van der Waals surface area contributed by atoms with E-state index in [2.05, 4.69) is 51.3 Å². The molecule has 0 saturated heterocycles. The highest BCUT2D eigenvalue weighted by atomic mass is 32.1. The van der Waals surface area contributed by atoms with Gasteiger partial charge in [0.1, 0.15) is 5.00 Å². The molecule has 7 heteroatoms. The number of carbonyl (C=O) groups excluding carboxylic acids is 1. The van der Waals surface area contributed by atoms with Crippen LogP contribution in [-0.2, 0) is 0 Å². The van der Waals surface area contributed by atoms with Crippen LogP contribution in [0, 0.1) is 27.7 Å². The van der Waals surface area contributed by atoms with Crippen LogP contribution in [0.2, 0.25) is 0 Å². The quantitative estimate of drug-likeness (QED) is 0.364. The summed E-state index contributed by atoms with van der Waals surface area (Å²) in [5, 5.41) is 11.7. The molecule has 4 aromatic rings. The molecule has 0 aliphatic carbocycles. The van der Waals surface area contributed by atoms with Crippen molar-refractivity contribution in [2.75, 3.05) is 10.6 Å². The average molecular weight is 449 g/mol. The van der Waals surface area contributed by atoms with Crippen LogP contribution in [0.4, 0.5) is 10.9 Å². The largest absolute Gasteiger partial charge is 0.343 e. The molecule has 1 atom stereocenters. The van der Waals surface area contributed by atoms with Gasteiger partial charge < -0.3 is 10.6 Å². The predicted octanol–water partition coefficient (Wildman–Crippen LogP) is 6.29. The molecule has 0 fully saturated rings. The molecule has 0 radical (unpaired) electrons. The minimum absolute atomic E-state index is 0.116. The minimum atomic E-state index is -0.177. The van der Waals surface area contributed by atoms with Crippen molar-refractivity contribution in [1.29, 1.82) is 0 Å². The summed E-state index contributed by atoms with van der Waals surface area (Å²) in [7, 11) is 0. The molecule has 31 heavy (non-hydrogen) atoms. The number of amides is 1. The molecule has 158 valence electrons. The zero-order valence-corrected chi connectivity index (χ0v) is 19.5. The van der Waals surface area contributed by atoms with Crippen molar-refractivity contribution in [3.8, 4) is 0 Å². The van der Waals surface area contributed by atoms with Crippen LogP contribution in [-0.4, -0.2) is 15.9 Å². The molecule has 3 heterocycles. The molecule has 4 rings (SSSR count). The Hall–Kier alpha value is -3.03. The van der Waals surface area contributed by atoms with E-state index in [-0.39, 0.29) is 11.9 Å². The molecule has 3 aromatic heterocycles. The van der Waals surface area contributed by atoms with Crippen molar-refractivity contribution in [2.45, 2.75) is 33.7 Å². The lowest BCUT2D eigenvalue weighted by Crippen LogP contribution is -2.18. The standard InChI is InChI=1S/C24H24N4OS2/c1-14-12-15(2)26-24(25-14)27-21(19-10-11-30-13-19)20-16(3)17(4)31-23(20)28-22(29)18-8-6-5-7-9-18/h5-13,21H,1-4H3,(H,28,29)(H,25,26,27)/t21-/m0/s1. The first-order chi connectivity index (χ1) is 14.9. The van der Waals surface area contributed by atoms with Crippen LogP contribution in [0.25, 0.3) is 0 Å². The van der Waals surface area contributed by atoms with Gasteiger partial charge in [-0.05, 0) is 73.8 Å². The number of nitrogens with zero attached hydrogens (tertiary/aromatic N) is 2. The Bertz CT molecular complexity index is 1180. The second-order valence-electron chi connectivity index (χ2n) is 7.45. The second kappa shape index (κ2) is 8.99. The van der Waals surface area contributed by atoms with Crippen molar-refractivity contribution >= 4 is 39.5 Å². The number of hydrogen-bond donors (Lipinski definition) is 2. The highest BCUT2D eigenvalue weighted by molar-refractivity contribution is 7.16. The number of carbonyl (C=O) groups is 1. The Morgan fingerprint density at radius 1 is 1.00 bits per heavy atom. The van der Waals surface area contributed by atoms with Gasteiger partial charge in [-0.3, -0.25) is 4.79 Å². The van der Waals surface area contributed by atoms with E-state index in [4.69, 9.17) is 0 Å².